The zero-order chi connectivity index (χ0) is 14.2. The van der Waals surface area contributed by atoms with E-state index in [4.69, 9.17) is 0 Å². The number of nitrogens with zero attached hydrogens (tertiary/aromatic N) is 1. The van der Waals surface area contributed by atoms with Gasteiger partial charge in [-0.1, -0.05) is 36.9 Å². The monoisotopic (exact) mass is 351 g/mol. The minimum atomic E-state index is -0.739. The molecule has 1 aromatic carbocycles. The summed E-state index contributed by atoms with van der Waals surface area (Å²) in [5.41, 5.74) is 2.69. The molecule has 0 spiro atoms. The van der Waals surface area contributed by atoms with E-state index in [0.29, 0.717) is 11.3 Å². The van der Waals surface area contributed by atoms with E-state index in [1.54, 1.807) is 18.0 Å². The topological polar surface area (TPSA) is 12.5 Å². The van der Waals surface area contributed by atoms with Gasteiger partial charge in [-0.25, -0.2) is 8.78 Å². The van der Waals surface area contributed by atoms with Crippen molar-refractivity contribution in [3.05, 3.63) is 59.3 Å². The molecular weight excluding hydrogens is 337 g/mol. The minimum Gasteiger partial charge on any atom is -0.491 e. The molecular formula is C15H14F2NOY-. The van der Waals surface area contributed by atoms with Crippen LogP contribution in [0.1, 0.15) is 12.5 Å². The normalized spacial score (nSPS) is 14.4. The first-order valence-corrected chi connectivity index (χ1v) is 5.72. The molecule has 1 heterocycles. The molecule has 0 N–H and O–H groups in total. The van der Waals surface area contributed by atoms with E-state index < -0.39 is 11.6 Å². The van der Waals surface area contributed by atoms with E-state index in [0.717, 1.165) is 11.3 Å². The number of benzene rings is 1. The summed E-state index contributed by atoms with van der Waals surface area (Å²) in [6.45, 7) is 5.82. The number of hydrogen-bond donors (Lipinski definition) is 0. The zero-order valence-corrected chi connectivity index (χ0v) is 14.5. The van der Waals surface area contributed by atoms with E-state index in [1.807, 2.05) is 6.92 Å². The van der Waals surface area contributed by atoms with Gasteiger partial charge in [-0.3, -0.25) is 0 Å². The molecule has 2 rings (SSSR count). The molecule has 0 atom stereocenters. The fourth-order valence-corrected chi connectivity index (χ4v) is 1.92. The van der Waals surface area contributed by atoms with Crippen LogP contribution < -0.4 is 4.74 Å². The largest absolute Gasteiger partial charge is 0.491 e. The molecule has 0 bridgehead atoms. The van der Waals surface area contributed by atoms with E-state index in [2.05, 4.69) is 17.4 Å². The first kappa shape index (κ1) is 17.1. The molecule has 0 saturated heterocycles. The Morgan fingerprint density at radius 1 is 1.25 bits per heavy atom. The molecule has 0 aliphatic carbocycles. The summed E-state index contributed by atoms with van der Waals surface area (Å²) >= 11 is 0. The summed E-state index contributed by atoms with van der Waals surface area (Å²) in [6, 6.07) is 2.45. The van der Waals surface area contributed by atoms with Gasteiger partial charge in [-0.15, -0.1) is 5.57 Å². The quantitative estimate of drug-likeness (QED) is 0.756. The van der Waals surface area contributed by atoms with Gasteiger partial charge in [-0.05, 0) is 5.70 Å². The minimum absolute atomic E-state index is 0. The maximum absolute atomic E-state index is 13.7. The maximum atomic E-state index is 13.7. The first-order chi connectivity index (χ1) is 8.95. The first-order valence-electron chi connectivity index (χ1n) is 5.72. The molecule has 0 unspecified atom stereocenters. The molecule has 1 aliphatic heterocycles. The van der Waals surface area contributed by atoms with Gasteiger partial charge in [0.25, 0.3) is 0 Å². The van der Waals surface area contributed by atoms with Gasteiger partial charge in [0.15, 0.2) is 17.4 Å². The van der Waals surface area contributed by atoms with Gasteiger partial charge in [0, 0.05) is 39.8 Å². The van der Waals surface area contributed by atoms with Crippen molar-refractivity contribution in [2.24, 2.45) is 0 Å². The Labute approximate surface area is 142 Å². The van der Waals surface area contributed by atoms with Crippen molar-refractivity contribution in [1.29, 1.82) is 0 Å². The Morgan fingerprint density at radius 3 is 2.30 bits per heavy atom. The van der Waals surface area contributed by atoms with Gasteiger partial charge in [0.1, 0.15) is 0 Å². The Kier molecular flexibility index (Phi) is 5.66. The predicted octanol–water partition coefficient (Wildman–Crippen LogP) is 3.52. The van der Waals surface area contributed by atoms with Crippen molar-refractivity contribution in [1.82, 2.24) is 4.90 Å². The molecule has 0 amide bonds. The average Bonchev–Trinajstić information content (AvgIpc) is 2.35. The molecule has 1 radical (unpaired) electrons. The van der Waals surface area contributed by atoms with E-state index in [-0.39, 0.29) is 38.5 Å². The molecule has 1 aliphatic rings. The van der Waals surface area contributed by atoms with Crippen LogP contribution in [0.3, 0.4) is 0 Å². The number of allylic oxidation sites excluding steroid dienone is 3. The van der Waals surface area contributed by atoms with Crippen molar-refractivity contribution in [2.45, 2.75) is 6.92 Å². The summed E-state index contributed by atoms with van der Waals surface area (Å²) in [5.74, 6) is -1.86. The summed E-state index contributed by atoms with van der Waals surface area (Å²) in [6.07, 6.45) is 4.75. The van der Waals surface area contributed by atoms with Crippen LogP contribution in [-0.2, 0) is 32.7 Å². The van der Waals surface area contributed by atoms with Crippen molar-refractivity contribution >= 4 is 5.70 Å². The molecule has 2 nitrogen and oxygen atoms in total. The predicted molar refractivity (Wildman–Crippen MR) is 70.2 cm³/mol. The van der Waals surface area contributed by atoms with E-state index in [9.17, 15) is 8.78 Å². The Hall–Kier alpha value is -0.996. The van der Waals surface area contributed by atoms with E-state index in [1.165, 1.54) is 19.2 Å². The molecule has 1 aromatic rings. The smallest absolute Gasteiger partial charge is 0.188 e. The maximum Gasteiger partial charge on any atom is 0.188 e. The van der Waals surface area contributed by atoms with Crippen molar-refractivity contribution < 1.29 is 46.2 Å². The number of halogens is 2. The van der Waals surface area contributed by atoms with Crippen LogP contribution in [0.2, 0.25) is 0 Å². The third-order valence-electron chi connectivity index (χ3n) is 3.10. The fraction of sp³-hybridized carbons (Fsp3) is 0.200. The number of rotatable bonds is 2. The standard InChI is InChI=1S/C15H14F2NO.Y/c1-9-5-6-14(18(3)10(9)2)11-7-12(16)15(19-4)13(17)8-11;/h5,7-8H,2H2,1,3-4H3;/q-1;. The van der Waals surface area contributed by atoms with Crippen LogP contribution in [0.25, 0.3) is 5.70 Å². The van der Waals surface area contributed by atoms with Crippen molar-refractivity contribution in [2.75, 3.05) is 14.2 Å². The van der Waals surface area contributed by atoms with Gasteiger partial charge < -0.3 is 9.64 Å². The van der Waals surface area contributed by atoms with Crippen LogP contribution in [0.15, 0.2) is 36.1 Å². The van der Waals surface area contributed by atoms with Gasteiger partial charge >= 0.3 is 0 Å². The summed E-state index contributed by atoms with van der Waals surface area (Å²) < 4.78 is 32.1. The summed E-state index contributed by atoms with van der Waals surface area (Å²) in [4.78, 5) is 1.75. The number of ether oxygens (including phenoxy) is 1. The fourth-order valence-electron chi connectivity index (χ4n) is 1.92. The van der Waals surface area contributed by atoms with Crippen LogP contribution in [0.4, 0.5) is 8.78 Å². The summed E-state index contributed by atoms with van der Waals surface area (Å²) in [7, 11) is 3.01. The molecule has 0 aromatic heterocycles. The SMILES string of the molecule is C=C1C(C)=C[C-]=C(c2cc(F)c(OC)c(F)c2)N1C.[Y]. The second-order valence-electron chi connectivity index (χ2n) is 4.30. The average molecular weight is 351 g/mol. The Bertz CT molecular complexity index is 585. The van der Waals surface area contributed by atoms with E-state index >= 15 is 0 Å². The number of hydrogen-bond acceptors (Lipinski definition) is 2. The van der Waals surface area contributed by atoms with Crippen LogP contribution >= 0.6 is 0 Å². The van der Waals surface area contributed by atoms with Gasteiger partial charge in [0.2, 0.25) is 0 Å². The Morgan fingerprint density at radius 2 is 1.80 bits per heavy atom. The summed E-state index contributed by atoms with van der Waals surface area (Å²) in [5, 5.41) is 0. The third-order valence-corrected chi connectivity index (χ3v) is 3.10. The van der Waals surface area contributed by atoms with Gasteiger partial charge in [0.05, 0.1) is 7.11 Å². The zero-order valence-electron chi connectivity index (χ0n) is 11.6. The van der Waals surface area contributed by atoms with Crippen molar-refractivity contribution in [3.8, 4) is 5.75 Å². The molecule has 5 heteroatoms. The van der Waals surface area contributed by atoms with Crippen LogP contribution in [-0.4, -0.2) is 19.1 Å². The number of methoxy groups -OCH3 is 1. The van der Waals surface area contributed by atoms with Crippen LogP contribution in [0, 0.1) is 17.7 Å². The van der Waals surface area contributed by atoms with Crippen molar-refractivity contribution in [3.63, 3.8) is 0 Å². The molecule has 103 valence electrons. The van der Waals surface area contributed by atoms with Gasteiger partial charge in [-0.2, -0.15) is 12.2 Å². The molecule has 20 heavy (non-hydrogen) atoms. The molecule has 0 saturated carbocycles. The van der Waals surface area contributed by atoms with Crippen LogP contribution in [0.5, 0.6) is 5.75 Å². The number of likely N-dealkylation sites (N-methyl/N-ethyl adjacent to an activating group) is 1. The third kappa shape index (κ3) is 3.02. The second kappa shape index (κ2) is 6.64. The molecule has 0 fully saturated rings. The second-order valence-corrected chi connectivity index (χ2v) is 4.30. The Balaban J connectivity index is 0.00000200.